The third-order valence-electron chi connectivity index (χ3n) is 1.47. The highest BCUT2D eigenvalue weighted by Crippen LogP contribution is 2.29. The summed E-state index contributed by atoms with van der Waals surface area (Å²) in [5.74, 6) is 0.345. The molecule has 0 N–H and O–H groups in total. The summed E-state index contributed by atoms with van der Waals surface area (Å²) in [5, 5.41) is 8.74. The van der Waals surface area contributed by atoms with Crippen molar-refractivity contribution in [1.82, 2.24) is 0 Å². The number of rotatable bonds is 3. The van der Waals surface area contributed by atoms with Gasteiger partial charge in [-0.3, -0.25) is 4.79 Å². The number of halogens is 2. The maximum absolute atomic E-state index is 10.6. The minimum absolute atomic E-state index is 0.102. The van der Waals surface area contributed by atoms with Gasteiger partial charge in [0.25, 0.3) is 0 Å². The zero-order chi connectivity index (χ0) is 10.6. The molecule has 0 radical (unpaired) electrons. The summed E-state index contributed by atoms with van der Waals surface area (Å²) in [6, 6.07) is 4.85. The van der Waals surface area contributed by atoms with E-state index in [2.05, 4.69) is 15.9 Å². The van der Waals surface area contributed by atoms with Gasteiger partial charge >= 0.3 is 0 Å². The largest absolute Gasteiger partial charge is 0.478 e. The van der Waals surface area contributed by atoms with Crippen LogP contribution in [0.15, 0.2) is 16.6 Å². The number of ether oxygens (including phenoxy) is 1. The Hall–Kier alpha value is -1.05. The first-order chi connectivity index (χ1) is 6.69. The van der Waals surface area contributed by atoms with Gasteiger partial charge in [-0.1, -0.05) is 11.6 Å². The number of hydrogen-bond donors (Lipinski definition) is 0. The van der Waals surface area contributed by atoms with Crippen molar-refractivity contribution in [3.63, 3.8) is 0 Å². The van der Waals surface area contributed by atoms with Gasteiger partial charge in [-0.25, -0.2) is 0 Å². The van der Waals surface area contributed by atoms with Crippen LogP contribution in [-0.4, -0.2) is 12.9 Å². The van der Waals surface area contributed by atoms with E-state index in [1.54, 1.807) is 6.07 Å². The topological polar surface area (TPSA) is 50.1 Å². The third kappa shape index (κ3) is 2.47. The summed E-state index contributed by atoms with van der Waals surface area (Å²) < 4.78 is 5.65. The van der Waals surface area contributed by atoms with Crippen molar-refractivity contribution in [1.29, 1.82) is 5.26 Å². The molecule has 0 saturated carbocycles. The number of aldehydes is 1. The zero-order valence-corrected chi connectivity index (χ0v) is 9.30. The molecule has 1 rings (SSSR count). The molecule has 0 atom stereocenters. The van der Waals surface area contributed by atoms with Crippen LogP contribution >= 0.6 is 27.5 Å². The normalized spacial score (nSPS) is 9.21. The Morgan fingerprint density at radius 1 is 1.64 bits per heavy atom. The summed E-state index contributed by atoms with van der Waals surface area (Å²) in [6.45, 7) is -0.102. The molecule has 0 amide bonds. The number of hydrogen-bond acceptors (Lipinski definition) is 3. The first-order valence-electron chi connectivity index (χ1n) is 3.63. The molecule has 0 bridgehead atoms. The lowest BCUT2D eigenvalue weighted by Crippen LogP contribution is -1.97. The van der Waals surface area contributed by atoms with Gasteiger partial charge in [0.15, 0.2) is 12.9 Å². The molecule has 0 fully saturated rings. The van der Waals surface area contributed by atoms with Gasteiger partial charge in [-0.05, 0) is 28.1 Å². The molecular weight excluding hydrogens is 269 g/mol. The molecule has 0 aliphatic heterocycles. The van der Waals surface area contributed by atoms with Crippen LogP contribution in [0, 0.1) is 11.3 Å². The van der Waals surface area contributed by atoms with E-state index in [1.807, 2.05) is 6.07 Å². The highest BCUT2D eigenvalue weighted by atomic mass is 79.9. The van der Waals surface area contributed by atoms with E-state index in [0.717, 1.165) is 0 Å². The second-order valence-electron chi connectivity index (χ2n) is 2.37. The number of carbonyl (C=O) groups is 1. The first-order valence-corrected chi connectivity index (χ1v) is 4.80. The number of benzene rings is 1. The predicted molar refractivity (Wildman–Crippen MR) is 55.6 cm³/mol. The minimum atomic E-state index is -0.102. The lowest BCUT2D eigenvalue weighted by Gasteiger charge is -2.06. The van der Waals surface area contributed by atoms with E-state index >= 15 is 0 Å². The quantitative estimate of drug-likeness (QED) is 0.796. The van der Waals surface area contributed by atoms with Crippen LogP contribution in [0.25, 0.3) is 0 Å². The highest BCUT2D eigenvalue weighted by molar-refractivity contribution is 9.10. The van der Waals surface area contributed by atoms with Crippen molar-refractivity contribution >= 4 is 33.8 Å². The fraction of sp³-hybridized carbons (Fsp3) is 0.111. The molecule has 0 aliphatic carbocycles. The molecule has 14 heavy (non-hydrogen) atoms. The van der Waals surface area contributed by atoms with Gasteiger partial charge in [0.05, 0.1) is 10.6 Å². The fourth-order valence-corrected chi connectivity index (χ4v) is 1.37. The minimum Gasteiger partial charge on any atom is -0.478 e. The Bertz CT molecular complexity index is 401. The molecule has 0 spiro atoms. The van der Waals surface area contributed by atoms with Gasteiger partial charge in [-0.2, -0.15) is 5.26 Å². The second-order valence-corrected chi connectivity index (χ2v) is 3.63. The molecule has 72 valence electrons. The average Bonchev–Trinajstić information content (AvgIpc) is 2.19. The van der Waals surface area contributed by atoms with Crippen LogP contribution in [0.2, 0.25) is 5.02 Å². The average molecular weight is 275 g/mol. The molecule has 1 aromatic rings. The van der Waals surface area contributed by atoms with E-state index in [-0.39, 0.29) is 6.61 Å². The summed E-state index contributed by atoms with van der Waals surface area (Å²) in [7, 11) is 0. The number of nitriles is 1. The lowest BCUT2D eigenvalue weighted by atomic mass is 10.2. The van der Waals surface area contributed by atoms with Crippen molar-refractivity contribution in [2.45, 2.75) is 0 Å². The van der Waals surface area contributed by atoms with Gasteiger partial charge < -0.3 is 4.74 Å². The van der Waals surface area contributed by atoms with E-state index < -0.39 is 0 Å². The van der Waals surface area contributed by atoms with Crippen molar-refractivity contribution in [2.75, 3.05) is 6.61 Å². The predicted octanol–water partition coefficient (Wildman–Crippen LogP) is 2.82. The maximum Gasteiger partial charge on any atom is 0.174 e. The molecule has 0 aliphatic rings. The summed E-state index contributed by atoms with van der Waals surface area (Å²) in [4.78, 5) is 10.6. The van der Waals surface area contributed by atoms with Gasteiger partial charge in [0.1, 0.15) is 11.8 Å². The van der Waals surface area contributed by atoms with Crippen molar-refractivity contribution in [2.24, 2.45) is 0 Å². The fourth-order valence-electron chi connectivity index (χ4n) is 0.871. The molecule has 0 heterocycles. The monoisotopic (exact) mass is 273 g/mol. The van der Waals surface area contributed by atoms with Crippen LogP contribution in [0.3, 0.4) is 0 Å². The van der Waals surface area contributed by atoms with E-state index in [9.17, 15) is 4.79 Å². The SMILES string of the molecule is N#CCOc1cc(Br)c(Cl)cc1C=O. The van der Waals surface area contributed by atoms with Crippen molar-refractivity contribution in [3.8, 4) is 11.8 Å². The van der Waals surface area contributed by atoms with Gasteiger partial charge in [0, 0.05) is 4.47 Å². The van der Waals surface area contributed by atoms with Crippen molar-refractivity contribution < 1.29 is 9.53 Å². The Morgan fingerprint density at radius 3 is 2.93 bits per heavy atom. The molecule has 0 aromatic heterocycles. The molecule has 5 heteroatoms. The highest BCUT2D eigenvalue weighted by Gasteiger charge is 2.07. The van der Waals surface area contributed by atoms with Crippen molar-refractivity contribution in [3.05, 3.63) is 27.2 Å². The first kappa shape index (κ1) is 11.0. The third-order valence-corrected chi connectivity index (χ3v) is 2.67. The van der Waals surface area contributed by atoms with Crippen LogP contribution in [0.5, 0.6) is 5.75 Å². The summed E-state index contributed by atoms with van der Waals surface area (Å²) in [5.41, 5.74) is 0.327. The summed E-state index contributed by atoms with van der Waals surface area (Å²) in [6.07, 6.45) is 0.630. The number of nitrogens with zero attached hydrogens (tertiary/aromatic N) is 1. The Morgan fingerprint density at radius 2 is 2.36 bits per heavy atom. The molecule has 0 unspecified atom stereocenters. The van der Waals surface area contributed by atoms with Crippen LogP contribution in [-0.2, 0) is 0 Å². The molecule has 3 nitrogen and oxygen atoms in total. The summed E-state index contributed by atoms with van der Waals surface area (Å²) >= 11 is 8.96. The lowest BCUT2D eigenvalue weighted by molar-refractivity contribution is 0.112. The van der Waals surface area contributed by atoms with Crippen LogP contribution < -0.4 is 4.74 Å². The van der Waals surface area contributed by atoms with Crippen LogP contribution in [0.4, 0.5) is 0 Å². The standard InChI is InChI=1S/C9H5BrClNO2/c10-7-4-9(14-2-1-12)6(5-13)3-8(7)11/h3-5H,2H2. The van der Waals surface area contributed by atoms with Gasteiger partial charge in [0.2, 0.25) is 0 Å². The smallest absolute Gasteiger partial charge is 0.174 e. The number of carbonyl (C=O) groups excluding carboxylic acids is 1. The molecular formula is C9H5BrClNO2. The molecule has 0 saturated heterocycles. The molecule has 1 aromatic carbocycles. The Kier molecular flexibility index (Phi) is 3.93. The van der Waals surface area contributed by atoms with E-state index in [4.69, 9.17) is 21.6 Å². The zero-order valence-electron chi connectivity index (χ0n) is 6.96. The van der Waals surface area contributed by atoms with Crippen LogP contribution in [0.1, 0.15) is 10.4 Å². The van der Waals surface area contributed by atoms with E-state index in [1.165, 1.54) is 6.07 Å². The van der Waals surface area contributed by atoms with E-state index in [0.29, 0.717) is 27.1 Å². The second kappa shape index (κ2) is 4.99. The Labute approximate surface area is 94.4 Å². The Balaban J connectivity index is 3.08. The van der Waals surface area contributed by atoms with Gasteiger partial charge in [-0.15, -0.1) is 0 Å². The maximum atomic E-state index is 10.6.